The average Bonchev–Trinajstić information content (AvgIpc) is 2.66. The molecule has 0 saturated heterocycles. The Morgan fingerprint density at radius 1 is 1.12 bits per heavy atom. The zero-order valence-corrected chi connectivity index (χ0v) is 10.6. The summed E-state index contributed by atoms with van der Waals surface area (Å²) < 4.78 is 0. The van der Waals surface area contributed by atoms with Crippen molar-refractivity contribution in [2.75, 3.05) is 11.9 Å². The molecular formula is C15H21NO. The second kappa shape index (κ2) is 5.85. The maximum atomic E-state index is 11.1. The normalized spacial score (nSPS) is 17.5. The number of hydrogen-bond acceptors (Lipinski definition) is 2. The molecular weight excluding hydrogens is 210 g/mol. The summed E-state index contributed by atoms with van der Waals surface area (Å²) >= 11 is 0. The van der Waals surface area contributed by atoms with E-state index in [1.165, 1.54) is 38.5 Å². The lowest BCUT2D eigenvalue weighted by atomic mass is 10.1. The largest absolute Gasteiger partial charge is 0.371 e. The first-order chi connectivity index (χ1) is 8.33. The van der Waals surface area contributed by atoms with Crippen LogP contribution in [0.25, 0.3) is 0 Å². The minimum absolute atomic E-state index is 0.596. The highest BCUT2D eigenvalue weighted by molar-refractivity contribution is 5.84. The van der Waals surface area contributed by atoms with Gasteiger partial charge in [-0.15, -0.1) is 0 Å². The molecule has 1 fully saturated rings. The summed E-state index contributed by atoms with van der Waals surface area (Å²) in [5, 5.41) is 0. The molecule has 0 aromatic heterocycles. The number of hydrogen-bond donors (Lipinski definition) is 0. The Balaban J connectivity index is 2.16. The molecule has 0 aliphatic heterocycles. The van der Waals surface area contributed by atoms with Crippen LogP contribution in [0.15, 0.2) is 24.3 Å². The van der Waals surface area contributed by atoms with E-state index in [1.54, 1.807) is 0 Å². The fourth-order valence-electron chi connectivity index (χ4n) is 2.75. The van der Waals surface area contributed by atoms with Gasteiger partial charge in [0, 0.05) is 24.3 Å². The van der Waals surface area contributed by atoms with Crippen LogP contribution in [0.1, 0.15) is 48.9 Å². The molecule has 0 N–H and O–H groups in total. The minimum Gasteiger partial charge on any atom is -0.371 e. The van der Waals surface area contributed by atoms with E-state index >= 15 is 0 Å². The number of anilines is 1. The number of benzene rings is 1. The van der Waals surface area contributed by atoms with Crippen molar-refractivity contribution in [1.82, 2.24) is 0 Å². The van der Waals surface area contributed by atoms with E-state index in [1.807, 2.05) is 18.2 Å². The van der Waals surface area contributed by atoms with Crippen LogP contribution < -0.4 is 4.90 Å². The van der Waals surface area contributed by atoms with Crippen LogP contribution in [0.2, 0.25) is 0 Å². The molecule has 0 radical (unpaired) electrons. The first kappa shape index (κ1) is 12.2. The third kappa shape index (κ3) is 2.87. The van der Waals surface area contributed by atoms with E-state index in [4.69, 9.17) is 0 Å². The molecule has 0 spiro atoms. The Hall–Kier alpha value is -1.31. The van der Waals surface area contributed by atoms with E-state index in [2.05, 4.69) is 18.0 Å². The Labute approximate surface area is 104 Å². The number of nitrogens with zero attached hydrogens (tertiary/aromatic N) is 1. The van der Waals surface area contributed by atoms with Crippen molar-refractivity contribution >= 4 is 12.0 Å². The lowest BCUT2D eigenvalue weighted by Crippen LogP contribution is -2.31. The van der Waals surface area contributed by atoms with Crippen LogP contribution in [-0.2, 0) is 0 Å². The summed E-state index contributed by atoms with van der Waals surface area (Å²) in [6.45, 7) is 0. The molecule has 1 aliphatic carbocycles. The van der Waals surface area contributed by atoms with Crippen molar-refractivity contribution in [3.63, 3.8) is 0 Å². The van der Waals surface area contributed by atoms with E-state index in [9.17, 15) is 4.79 Å². The highest BCUT2D eigenvalue weighted by Crippen LogP contribution is 2.27. The van der Waals surface area contributed by atoms with Crippen molar-refractivity contribution in [3.05, 3.63) is 29.8 Å². The zero-order valence-electron chi connectivity index (χ0n) is 10.6. The van der Waals surface area contributed by atoms with Crippen molar-refractivity contribution in [2.24, 2.45) is 0 Å². The first-order valence-electron chi connectivity index (χ1n) is 6.60. The summed E-state index contributed by atoms with van der Waals surface area (Å²) in [6.07, 6.45) is 8.83. The fraction of sp³-hybridized carbons (Fsp3) is 0.533. The van der Waals surface area contributed by atoms with Gasteiger partial charge in [0.2, 0.25) is 0 Å². The van der Waals surface area contributed by atoms with Crippen molar-refractivity contribution in [1.29, 1.82) is 0 Å². The molecule has 1 aromatic carbocycles. The quantitative estimate of drug-likeness (QED) is 0.584. The molecule has 0 heterocycles. The van der Waals surface area contributed by atoms with Gasteiger partial charge in [0.05, 0.1) is 0 Å². The van der Waals surface area contributed by atoms with Gasteiger partial charge in [0.15, 0.2) is 6.29 Å². The molecule has 0 atom stereocenters. The number of rotatable bonds is 3. The van der Waals surface area contributed by atoms with E-state index in [-0.39, 0.29) is 0 Å². The van der Waals surface area contributed by atoms with Crippen LogP contribution in [0.3, 0.4) is 0 Å². The summed E-state index contributed by atoms with van der Waals surface area (Å²) in [4.78, 5) is 13.4. The SMILES string of the molecule is CN(c1ccccc1C=O)C1CCCCCC1. The molecule has 0 bridgehead atoms. The smallest absolute Gasteiger partial charge is 0.152 e. The van der Waals surface area contributed by atoms with E-state index in [0.29, 0.717) is 6.04 Å². The second-order valence-corrected chi connectivity index (χ2v) is 4.93. The molecule has 17 heavy (non-hydrogen) atoms. The molecule has 2 rings (SSSR count). The van der Waals surface area contributed by atoms with Gasteiger partial charge in [-0.2, -0.15) is 0 Å². The van der Waals surface area contributed by atoms with Gasteiger partial charge < -0.3 is 4.90 Å². The maximum Gasteiger partial charge on any atom is 0.152 e. The molecule has 2 heteroatoms. The van der Waals surface area contributed by atoms with Crippen LogP contribution in [0.5, 0.6) is 0 Å². The van der Waals surface area contributed by atoms with Crippen LogP contribution in [0.4, 0.5) is 5.69 Å². The van der Waals surface area contributed by atoms with Crippen LogP contribution in [-0.4, -0.2) is 19.4 Å². The van der Waals surface area contributed by atoms with Crippen molar-refractivity contribution < 1.29 is 4.79 Å². The Morgan fingerprint density at radius 2 is 1.76 bits per heavy atom. The number of para-hydroxylation sites is 1. The average molecular weight is 231 g/mol. The summed E-state index contributed by atoms with van der Waals surface area (Å²) in [6, 6.07) is 8.48. The van der Waals surface area contributed by atoms with Crippen molar-refractivity contribution in [2.45, 2.75) is 44.6 Å². The minimum atomic E-state index is 0.596. The predicted octanol–water partition coefficient (Wildman–Crippen LogP) is 3.66. The van der Waals surface area contributed by atoms with Gasteiger partial charge in [-0.05, 0) is 25.0 Å². The fourth-order valence-corrected chi connectivity index (χ4v) is 2.75. The third-order valence-corrected chi connectivity index (χ3v) is 3.82. The van der Waals surface area contributed by atoms with E-state index < -0.39 is 0 Å². The first-order valence-corrected chi connectivity index (χ1v) is 6.60. The Morgan fingerprint density at radius 3 is 2.41 bits per heavy atom. The molecule has 2 nitrogen and oxygen atoms in total. The zero-order chi connectivity index (χ0) is 12.1. The van der Waals surface area contributed by atoms with Gasteiger partial charge in [0.1, 0.15) is 0 Å². The lowest BCUT2D eigenvalue weighted by molar-refractivity contribution is 0.112. The maximum absolute atomic E-state index is 11.1. The molecule has 1 aliphatic rings. The number of carbonyl (C=O) groups is 1. The van der Waals surface area contributed by atoms with Gasteiger partial charge in [-0.3, -0.25) is 4.79 Å². The summed E-state index contributed by atoms with van der Waals surface area (Å²) in [7, 11) is 2.12. The second-order valence-electron chi connectivity index (χ2n) is 4.93. The Bertz CT molecular complexity index is 367. The van der Waals surface area contributed by atoms with Gasteiger partial charge >= 0.3 is 0 Å². The molecule has 0 amide bonds. The van der Waals surface area contributed by atoms with Gasteiger partial charge in [-0.1, -0.05) is 37.8 Å². The standard InChI is InChI=1S/C15H21NO/c1-16(14-9-4-2-3-5-10-14)15-11-7-6-8-13(15)12-17/h6-8,11-12,14H,2-5,9-10H2,1H3. The molecule has 1 aromatic rings. The van der Waals surface area contributed by atoms with Crippen LogP contribution in [0, 0.1) is 0 Å². The highest BCUT2D eigenvalue weighted by Gasteiger charge is 2.18. The highest BCUT2D eigenvalue weighted by atomic mass is 16.1. The number of carbonyl (C=O) groups excluding carboxylic acids is 1. The van der Waals surface area contributed by atoms with Gasteiger partial charge in [0.25, 0.3) is 0 Å². The summed E-state index contributed by atoms with van der Waals surface area (Å²) in [5.41, 5.74) is 1.88. The topological polar surface area (TPSA) is 20.3 Å². The number of aldehydes is 1. The van der Waals surface area contributed by atoms with E-state index in [0.717, 1.165) is 17.5 Å². The van der Waals surface area contributed by atoms with Gasteiger partial charge in [-0.25, -0.2) is 0 Å². The third-order valence-electron chi connectivity index (χ3n) is 3.82. The Kier molecular flexibility index (Phi) is 4.18. The van der Waals surface area contributed by atoms with Crippen LogP contribution >= 0.6 is 0 Å². The monoisotopic (exact) mass is 231 g/mol. The summed E-state index contributed by atoms with van der Waals surface area (Å²) in [5.74, 6) is 0. The lowest BCUT2D eigenvalue weighted by Gasteiger charge is -2.30. The molecule has 92 valence electrons. The molecule has 1 saturated carbocycles. The van der Waals surface area contributed by atoms with Crippen molar-refractivity contribution in [3.8, 4) is 0 Å². The predicted molar refractivity (Wildman–Crippen MR) is 71.7 cm³/mol. The molecule has 0 unspecified atom stereocenters.